The van der Waals surface area contributed by atoms with E-state index < -0.39 is 0 Å². The van der Waals surface area contributed by atoms with Crippen molar-refractivity contribution < 1.29 is 9.90 Å². The average Bonchev–Trinajstić information content (AvgIpc) is 2.29. The first-order chi connectivity index (χ1) is 7.58. The average molecular weight is 287 g/mol. The number of carbonyl (C=O) groups is 1. The van der Waals surface area contributed by atoms with Gasteiger partial charge in [0.05, 0.1) is 12.6 Å². The molecule has 1 atom stereocenters. The zero-order valence-electron chi connectivity index (χ0n) is 9.03. The van der Waals surface area contributed by atoms with Crippen LogP contribution in [0.3, 0.4) is 0 Å². The molecule has 4 N–H and O–H groups in total. The number of benzene rings is 1. The zero-order chi connectivity index (χ0) is 12.1. The van der Waals surface area contributed by atoms with Gasteiger partial charge in [-0.05, 0) is 40.5 Å². The topological polar surface area (TPSA) is 75.3 Å². The Bertz CT molecular complexity index is 378. The lowest BCUT2D eigenvalue weighted by Crippen LogP contribution is -2.36. The molecular formula is C11H15BrN2O2. The number of halogens is 1. The van der Waals surface area contributed by atoms with Gasteiger partial charge in [0, 0.05) is 15.7 Å². The maximum Gasteiger partial charge on any atom is 0.251 e. The molecule has 0 aliphatic carbocycles. The Labute approximate surface area is 103 Å². The van der Waals surface area contributed by atoms with Crippen LogP contribution >= 0.6 is 15.9 Å². The number of aliphatic hydroxyl groups excluding tert-OH is 1. The first-order valence-electron chi connectivity index (χ1n) is 5.05. The number of anilines is 1. The summed E-state index contributed by atoms with van der Waals surface area (Å²) in [5, 5.41) is 11.7. The van der Waals surface area contributed by atoms with Crippen molar-refractivity contribution in [3.05, 3.63) is 28.2 Å². The summed E-state index contributed by atoms with van der Waals surface area (Å²) in [4.78, 5) is 11.8. The van der Waals surface area contributed by atoms with Crippen LogP contribution in [-0.2, 0) is 0 Å². The van der Waals surface area contributed by atoms with Crippen LogP contribution in [-0.4, -0.2) is 23.7 Å². The maximum atomic E-state index is 11.8. The molecule has 0 radical (unpaired) electrons. The van der Waals surface area contributed by atoms with E-state index in [1.807, 2.05) is 6.92 Å². The minimum absolute atomic E-state index is 0.0572. The minimum Gasteiger partial charge on any atom is -0.398 e. The van der Waals surface area contributed by atoms with Crippen LogP contribution in [0.25, 0.3) is 0 Å². The van der Waals surface area contributed by atoms with Gasteiger partial charge >= 0.3 is 0 Å². The van der Waals surface area contributed by atoms with E-state index in [0.29, 0.717) is 22.1 Å². The van der Waals surface area contributed by atoms with Gasteiger partial charge in [-0.15, -0.1) is 0 Å². The van der Waals surface area contributed by atoms with Gasteiger partial charge in [-0.1, -0.05) is 6.92 Å². The molecule has 1 aromatic rings. The Balaban J connectivity index is 2.76. The number of nitrogens with two attached hydrogens (primary N) is 1. The molecule has 88 valence electrons. The van der Waals surface area contributed by atoms with Crippen LogP contribution in [0.1, 0.15) is 23.7 Å². The molecule has 4 nitrogen and oxygen atoms in total. The standard InChI is InChI=1S/C11H15BrN2O2/c1-2-8(6-15)14-11(16)7-3-4-10(13)9(12)5-7/h3-5,8,15H,2,6,13H2,1H3,(H,14,16)/t8-/m1/s1. The summed E-state index contributed by atoms with van der Waals surface area (Å²) in [6.07, 6.45) is 0.693. The van der Waals surface area contributed by atoms with Gasteiger partial charge in [0.2, 0.25) is 0 Å². The Morgan fingerprint density at radius 2 is 2.31 bits per heavy atom. The number of nitrogens with one attached hydrogen (secondary N) is 1. The van der Waals surface area contributed by atoms with Crippen molar-refractivity contribution in [1.29, 1.82) is 0 Å². The first kappa shape index (κ1) is 13.0. The number of nitrogen functional groups attached to an aromatic ring is 1. The third-order valence-electron chi connectivity index (χ3n) is 2.31. The minimum atomic E-state index is -0.207. The fourth-order valence-corrected chi connectivity index (χ4v) is 1.59. The molecule has 0 aliphatic heterocycles. The largest absolute Gasteiger partial charge is 0.398 e. The summed E-state index contributed by atoms with van der Waals surface area (Å²) < 4.78 is 0.692. The van der Waals surface area contributed by atoms with Crippen molar-refractivity contribution in [3.8, 4) is 0 Å². The molecule has 0 aliphatic rings. The van der Waals surface area contributed by atoms with E-state index in [1.54, 1.807) is 18.2 Å². The Hall–Kier alpha value is -1.07. The first-order valence-corrected chi connectivity index (χ1v) is 5.84. The summed E-state index contributed by atoms with van der Waals surface area (Å²) in [5.41, 5.74) is 6.73. The molecule has 1 aromatic carbocycles. The van der Waals surface area contributed by atoms with Crippen LogP contribution < -0.4 is 11.1 Å². The molecule has 0 saturated carbocycles. The van der Waals surface area contributed by atoms with Gasteiger partial charge < -0.3 is 16.2 Å². The van der Waals surface area contributed by atoms with Crippen molar-refractivity contribution in [2.24, 2.45) is 0 Å². The second kappa shape index (κ2) is 5.86. The third-order valence-corrected chi connectivity index (χ3v) is 3.00. The monoisotopic (exact) mass is 286 g/mol. The zero-order valence-corrected chi connectivity index (χ0v) is 10.6. The molecule has 0 saturated heterocycles. The Morgan fingerprint density at radius 3 is 2.81 bits per heavy atom. The number of carbonyl (C=O) groups excluding carboxylic acids is 1. The fraction of sp³-hybridized carbons (Fsp3) is 0.364. The quantitative estimate of drug-likeness (QED) is 0.735. The summed E-state index contributed by atoms with van der Waals surface area (Å²) in [6, 6.07) is 4.77. The predicted octanol–water partition coefficient (Wildman–Crippen LogP) is 1.53. The van der Waals surface area contributed by atoms with Gasteiger partial charge in [0.1, 0.15) is 0 Å². The highest BCUT2D eigenvalue weighted by Gasteiger charge is 2.11. The smallest absolute Gasteiger partial charge is 0.251 e. The second-order valence-electron chi connectivity index (χ2n) is 3.50. The van der Waals surface area contributed by atoms with Crippen LogP contribution in [0.4, 0.5) is 5.69 Å². The van der Waals surface area contributed by atoms with E-state index in [4.69, 9.17) is 10.8 Å². The van der Waals surface area contributed by atoms with Gasteiger partial charge in [-0.25, -0.2) is 0 Å². The second-order valence-corrected chi connectivity index (χ2v) is 4.35. The molecule has 0 aromatic heterocycles. The summed E-state index contributed by atoms with van der Waals surface area (Å²) in [6.45, 7) is 1.85. The van der Waals surface area contributed by atoms with Gasteiger partial charge in [-0.2, -0.15) is 0 Å². The number of hydrogen-bond acceptors (Lipinski definition) is 3. The van der Waals surface area contributed by atoms with Crippen molar-refractivity contribution in [2.75, 3.05) is 12.3 Å². The lowest BCUT2D eigenvalue weighted by atomic mass is 10.1. The molecule has 0 bridgehead atoms. The highest BCUT2D eigenvalue weighted by Crippen LogP contribution is 2.20. The normalized spacial score (nSPS) is 12.2. The van der Waals surface area contributed by atoms with Crippen molar-refractivity contribution in [3.63, 3.8) is 0 Å². The number of hydrogen-bond donors (Lipinski definition) is 3. The van der Waals surface area contributed by atoms with Gasteiger partial charge in [0.25, 0.3) is 5.91 Å². The molecule has 0 unspecified atom stereocenters. The van der Waals surface area contributed by atoms with Crippen LogP contribution in [0.5, 0.6) is 0 Å². The highest BCUT2D eigenvalue weighted by atomic mass is 79.9. The molecular weight excluding hydrogens is 272 g/mol. The predicted molar refractivity (Wildman–Crippen MR) is 67.2 cm³/mol. The number of rotatable bonds is 4. The van der Waals surface area contributed by atoms with E-state index in [1.165, 1.54) is 0 Å². The summed E-state index contributed by atoms with van der Waals surface area (Å²) >= 11 is 3.26. The number of aliphatic hydroxyl groups is 1. The maximum absolute atomic E-state index is 11.8. The third kappa shape index (κ3) is 3.21. The van der Waals surface area contributed by atoms with Gasteiger partial charge in [0.15, 0.2) is 0 Å². The lowest BCUT2D eigenvalue weighted by Gasteiger charge is -2.14. The summed E-state index contributed by atoms with van der Waals surface area (Å²) in [5.74, 6) is -0.207. The van der Waals surface area contributed by atoms with E-state index in [9.17, 15) is 4.79 Å². The van der Waals surface area contributed by atoms with Crippen molar-refractivity contribution >= 4 is 27.5 Å². The highest BCUT2D eigenvalue weighted by molar-refractivity contribution is 9.10. The van der Waals surface area contributed by atoms with E-state index in [2.05, 4.69) is 21.2 Å². The van der Waals surface area contributed by atoms with Crippen molar-refractivity contribution in [1.82, 2.24) is 5.32 Å². The van der Waals surface area contributed by atoms with Crippen LogP contribution in [0.15, 0.2) is 22.7 Å². The number of amides is 1. The van der Waals surface area contributed by atoms with E-state index in [0.717, 1.165) is 0 Å². The molecule has 1 rings (SSSR count). The molecule has 0 fully saturated rings. The van der Waals surface area contributed by atoms with Crippen LogP contribution in [0, 0.1) is 0 Å². The Kier molecular flexibility index (Phi) is 4.76. The van der Waals surface area contributed by atoms with E-state index >= 15 is 0 Å². The van der Waals surface area contributed by atoms with Crippen molar-refractivity contribution in [2.45, 2.75) is 19.4 Å². The van der Waals surface area contributed by atoms with E-state index in [-0.39, 0.29) is 18.6 Å². The molecule has 0 spiro atoms. The lowest BCUT2D eigenvalue weighted by molar-refractivity contribution is 0.0915. The molecule has 1 amide bonds. The molecule has 0 heterocycles. The SMILES string of the molecule is CC[C@H](CO)NC(=O)c1ccc(N)c(Br)c1. The summed E-state index contributed by atoms with van der Waals surface area (Å²) in [7, 11) is 0. The molecule has 5 heteroatoms. The fourth-order valence-electron chi connectivity index (χ4n) is 1.21. The Morgan fingerprint density at radius 1 is 1.62 bits per heavy atom. The molecule has 16 heavy (non-hydrogen) atoms. The van der Waals surface area contributed by atoms with Crippen LogP contribution in [0.2, 0.25) is 0 Å². The van der Waals surface area contributed by atoms with Gasteiger partial charge in [-0.3, -0.25) is 4.79 Å².